The Morgan fingerprint density at radius 2 is 1.86 bits per heavy atom. The molecule has 112 valence electrons. The van der Waals surface area contributed by atoms with Crippen LogP contribution in [0.2, 0.25) is 10.0 Å². The van der Waals surface area contributed by atoms with Gasteiger partial charge in [0, 0.05) is 11.5 Å². The first-order valence-corrected chi connectivity index (χ1v) is 7.29. The first kappa shape index (κ1) is 16.2. The van der Waals surface area contributed by atoms with Gasteiger partial charge in [0.1, 0.15) is 12.4 Å². The van der Waals surface area contributed by atoms with Crippen LogP contribution in [0.15, 0.2) is 53.7 Å². The van der Waals surface area contributed by atoms with Gasteiger partial charge in [-0.05, 0) is 40.9 Å². The predicted molar refractivity (Wildman–Crippen MR) is 90.3 cm³/mol. The van der Waals surface area contributed by atoms with Gasteiger partial charge in [-0.15, -0.1) is 0 Å². The van der Waals surface area contributed by atoms with Crippen molar-refractivity contribution in [2.75, 3.05) is 6.54 Å². The lowest BCUT2D eigenvalue weighted by Crippen LogP contribution is -1.95. The summed E-state index contributed by atoms with van der Waals surface area (Å²) in [6.45, 7) is 0.759. The van der Waals surface area contributed by atoms with E-state index in [1.54, 1.807) is 18.2 Å². The number of halogens is 2. The molecule has 0 radical (unpaired) electrons. The maximum atomic E-state index is 8.18. The molecule has 0 N–H and O–H groups in total. The topological polar surface area (TPSA) is 58.0 Å². The van der Waals surface area contributed by atoms with Crippen LogP contribution < -0.4 is 4.74 Å². The van der Waals surface area contributed by atoms with E-state index in [1.807, 2.05) is 36.4 Å². The normalized spacial score (nSPS) is 10.5. The van der Waals surface area contributed by atoms with Crippen molar-refractivity contribution in [3.8, 4) is 5.75 Å². The lowest BCUT2D eigenvalue weighted by molar-refractivity contribution is 0.306. The quantitative estimate of drug-likeness (QED) is 0.369. The molecule has 0 saturated heterocycles. The zero-order chi connectivity index (χ0) is 15.8. The van der Waals surface area contributed by atoms with Crippen LogP contribution in [0.3, 0.4) is 0 Å². The van der Waals surface area contributed by atoms with Crippen molar-refractivity contribution < 1.29 is 4.74 Å². The van der Waals surface area contributed by atoms with Crippen molar-refractivity contribution >= 4 is 29.3 Å². The summed E-state index contributed by atoms with van der Waals surface area (Å²) in [4.78, 5) is 2.68. The van der Waals surface area contributed by atoms with E-state index in [2.05, 4.69) is 10.0 Å². The van der Waals surface area contributed by atoms with Crippen LogP contribution in [0.4, 0.5) is 0 Å². The van der Waals surface area contributed by atoms with E-state index in [0.29, 0.717) is 23.2 Å². The zero-order valence-corrected chi connectivity index (χ0v) is 13.1. The number of azide groups is 1. The minimum atomic E-state index is 0.339. The highest BCUT2D eigenvalue weighted by Gasteiger charge is 2.00. The third kappa shape index (κ3) is 5.01. The molecule has 0 aromatic heterocycles. The Hall–Kier alpha value is -2.13. The molecule has 2 aromatic rings. The number of ether oxygens (including phenoxy) is 1. The van der Waals surface area contributed by atoms with Crippen molar-refractivity contribution in [2.45, 2.75) is 6.61 Å². The maximum Gasteiger partial charge on any atom is 0.119 e. The third-order valence-electron chi connectivity index (χ3n) is 2.83. The smallest absolute Gasteiger partial charge is 0.119 e. The molecule has 2 rings (SSSR count). The molecule has 0 fully saturated rings. The van der Waals surface area contributed by atoms with Crippen molar-refractivity contribution in [1.82, 2.24) is 0 Å². The summed E-state index contributed by atoms with van der Waals surface area (Å²) < 4.78 is 5.69. The highest BCUT2D eigenvalue weighted by molar-refractivity contribution is 6.42. The highest BCUT2D eigenvalue weighted by Crippen LogP contribution is 2.23. The average Bonchev–Trinajstić information content (AvgIpc) is 2.54. The van der Waals surface area contributed by atoms with Crippen molar-refractivity contribution in [2.24, 2.45) is 5.11 Å². The van der Waals surface area contributed by atoms with Crippen LogP contribution in [0.25, 0.3) is 16.5 Å². The predicted octanol–water partition coefficient (Wildman–Crippen LogP) is 5.90. The fourth-order valence-electron chi connectivity index (χ4n) is 1.74. The minimum absolute atomic E-state index is 0.339. The molecule has 0 aliphatic carbocycles. The fourth-order valence-corrected chi connectivity index (χ4v) is 2.06. The van der Waals surface area contributed by atoms with E-state index in [1.165, 1.54) is 0 Å². The summed E-state index contributed by atoms with van der Waals surface area (Å²) in [5.74, 6) is 0.762. The molecule has 0 amide bonds. The van der Waals surface area contributed by atoms with Crippen molar-refractivity contribution in [3.05, 3.63) is 80.2 Å². The minimum Gasteiger partial charge on any atom is -0.489 e. The van der Waals surface area contributed by atoms with Gasteiger partial charge in [-0.2, -0.15) is 0 Å². The molecule has 0 spiro atoms. The van der Waals surface area contributed by atoms with Gasteiger partial charge >= 0.3 is 0 Å². The fraction of sp³-hybridized carbons (Fsp3) is 0.125. The first-order valence-electron chi connectivity index (χ1n) is 6.53. The Labute approximate surface area is 138 Å². The third-order valence-corrected chi connectivity index (χ3v) is 3.57. The average molecular weight is 334 g/mol. The van der Waals surface area contributed by atoms with Crippen LogP contribution in [-0.2, 0) is 6.61 Å². The highest BCUT2D eigenvalue weighted by atomic mass is 35.5. The number of hydrogen-bond donors (Lipinski definition) is 0. The Balaban J connectivity index is 1.92. The van der Waals surface area contributed by atoms with Crippen LogP contribution in [0.1, 0.15) is 11.1 Å². The van der Waals surface area contributed by atoms with Gasteiger partial charge in [0.15, 0.2) is 0 Å². The van der Waals surface area contributed by atoms with Crippen molar-refractivity contribution in [1.29, 1.82) is 0 Å². The van der Waals surface area contributed by atoms with Gasteiger partial charge < -0.3 is 4.74 Å². The molecule has 0 atom stereocenters. The Morgan fingerprint density at radius 3 is 2.55 bits per heavy atom. The standard InChI is InChI=1S/C16H13Cl2N3O/c17-15-8-5-13(10-16(15)18)11-22-14-6-3-12(4-7-14)2-1-9-20-21-19/h1-8,10H,9,11H2. The molecule has 0 aliphatic heterocycles. The SMILES string of the molecule is [N-]=[N+]=NCC=Cc1ccc(OCc2ccc(Cl)c(Cl)c2)cc1. The lowest BCUT2D eigenvalue weighted by Gasteiger charge is -2.07. The van der Waals surface area contributed by atoms with Crippen LogP contribution in [0, 0.1) is 0 Å². The van der Waals surface area contributed by atoms with Gasteiger partial charge in [0.05, 0.1) is 10.0 Å². The van der Waals surface area contributed by atoms with Crippen LogP contribution >= 0.6 is 23.2 Å². The van der Waals surface area contributed by atoms with Crippen LogP contribution in [-0.4, -0.2) is 6.54 Å². The first-order chi connectivity index (χ1) is 10.7. The van der Waals surface area contributed by atoms with E-state index in [0.717, 1.165) is 16.9 Å². The van der Waals surface area contributed by atoms with E-state index in [9.17, 15) is 0 Å². The van der Waals surface area contributed by atoms with Gasteiger partial charge in [0.2, 0.25) is 0 Å². The number of nitrogens with zero attached hydrogens (tertiary/aromatic N) is 3. The molecule has 2 aromatic carbocycles. The second-order valence-electron chi connectivity index (χ2n) is 4.42. The molecule has 0 unspecified atom stereocenters. The Morgan fingerprint density at radius 1 is 1.09 bits per heavy atom. The van der Waals surface area contributed by atoms with Crippen molar-refractivity contribution in [3.63, 3.8) is 0 Å². The molecular weight excluding hydrogens is 321 g/mol. The summed E-state index contributed by atoms with van der Waals surface area (Å²) in [7, 11) is 0. The zero-order valence-electron chi connectivity index (χ0n) is 11.6. The van der Waals surface area contributed by atoms with E-state index in [4.69, 9.17) is 33.5 Å². The molecule has 4 nitrogen and oxygen atoms in total. The summed E-state index contributed by atoms with van der Waals surface area (Å²) in [5.41, 5.74) is 10.1. The van der Waals surface area contributed by atoms with Gasteiger partial charge in [-0.3, -0.25) is 0 Å². The molecular formula is C16H13Cl2N3O. The summed E-state index contributed by atoms with van der Waals surface area (Å²) in [5, 5.41) is 4.48. The van der Waals surface area contributed by atoms with Gasteiger partial charge in [0.25, 0.3) is 0 Å². The molecule has 0 heterocycles. The lowest BCUT2D eigenvalue weighted by atomic mass is 10.2. The molecule has 0 aliphatic rings. The monoisotopic (exact) mass is 333 g/mol. The molecule has 6 heteroatoms. The Bertz CT molecular complexity index is 708. The number of hydrogen-bond acceptors (Lipinski definition) is 2. The summed E-state index contributed by atoms with van der Waals surface area (Å²) in [6.07, 6.45) is 3.68. The maximum absolute atomic E-state index is 8.18. The van der Waals surface area contributed by atoms with Gasteiger partial charge in [-0.1, -0.05) is 58.7 Å². The molecule has 0 bridgehead atoms. The van der Waals surface area contributed by atoms with Crippen LogP contribution in [0.5, 0.6) is 5.75 Å². The number of rotatable bonds is 6. The number of benzene rings is 2. The summed E-state index contributed by atoms with van der Waals surface area (Å²) >= 11 is 11.8. The summed E-state index contributed by atoms with van der Waals surface area (Å²) in [6, 6.07) is 13.0. The molecule has 22 heavy (non-hydrogen) atoms. The van der Waals surface area contributed by atoms with E-state index >= 15 is 0 Å². The van der Waals surface area contributed by atoms with E-state index in [-0.39, 0.29) is 0 Å². The Kier molecular flexibility index (Phi) is 6.16. The van der Waals surface area contributed by atoms with E-state index < -0.39 is 0 Å². The molecule has 0 saturated carbocycles. The van der Waals surface area contributed by atoms with Gasteiger partial charge in [-0.25, -0.2) is 0 Å². The second kappa shape index (κ2) is 8.35. The second-order valence-corrected chi connectivity index (χ2v) is 5.24. The largest absolute Gasteiger partial charge is 0.489 e.